The fourth-order valence-electron chi connectivity index (χ4n) is 3.42. The summed E-state index contributed by atoms with van der Waals surface area (Å²) in [6, 6.07) is 6.23. The number of hydrogen-bond donors (Lipinski definition) is 1. The minimum atomic E-state index is -0.313. The monoisotopic (exact) mass is 403 g/mol. The average Bonchev–Trinajstić information content (AvgIpc) is 3.17. The normalized spacial score (nSPS) is 16.8. The molecule has 2 heterocycles. The Morgan fingerprint density at radius 2 is 2.25 bits per heavy atom. The Morgan fingerprint density at radius 3 is 3.04 bits per heavy atom. The Labute approximate surface area is 169 Å². The van der Waals surface area contributed by atoms with Crippen molar-refractivity contribution in [2.75, 3.05) is 19.6 Å². The SMILES string of the molecule is CCC(=O)NCCc1csc([C@@H]2CCCN(C(=O)Cc3cccc(F)c3)C2)n1. The van der Waals surface area contributed by atoms with Crippen LogP contribution in [0.25, 0.3) is 0 Å². The minimum Gasteiger partial charge on any atom is -0.356 e. The maximum atomic E-state index is 13.3. The molecule has 0 spiro atoms. The molecule has 5 nitrogen and oxygen atoms in total. The van der Waals surface area contributed by atoms with E-state index in [2.05, 4.69) is 5.32 Å². The molecule has 0 aliphatic carbocycles. The summed E-state index contributed by atoms with van der Waals surface area (Å²) in [5, 5.41) is 5.96. The fourth-order valence-corrected chi connectivity index (χ4v) is 4.40. The highest BCUT2D eigenvalue weighted by atomic mass is 32.1. The van der Waals surface area contributed by atoms with Crippen molar-refractivity contribution in [1.82, 2.24) is 15.2 Å². The zero-order chi connectivity index (χ0) is 19.9. The molecule has 2 amide bonds. The second-order valence-corrected chi connectivity index (χ2v) is 8.01. The highest BCUT2D eigenvalue weighted by Gasteiger charge is 2.26. The molecule has 150 valence electrons. The van der Waals surface area contributed by atoms with Crippen molar-refractivity contribution in [1.29, 1.82) is 0 Å². The number of nitrogens with zero attached hydrogens (tertiary/aromatic N) is 2. The lowest BCUT2D eigenvalue weighted by molar-refractivity contribution is -0.131. The third-order valence-electron chi connectivity index (χ3n) is 4.96. The molecule has 3 rings (SSSR count). The second-order valence-electron chi connectivity index (χ2n) is 7.12. The lowest BCUT2D eigenvalue weighted by atomic mass is 9.98. The van der Waals surface area contributed by atoms with Gasteiger partial charge in [-0.05, 0) is 30.5 Å². The van der Waals surface area contributed by atoms with Crippen LogP contribution in [0.3, 0.4) is 0 Å². The first-order valence-electron chi connectivity index (χ1n) is 9.78. The highest BCUT2D eigenvalue weighted by Crippen LogP contribution is 2.29. The number of aromatic nitrogens is 1. The van der Waals surface area contributed by atoms with Crippen LogP contribution in [0.4, 0.5) is 4.39 Å². The summed E-state index contributed by atoms with van der Waals surface area (Å²) in [6.07, 6.45) is 3.40. The van der Waals surface area contributed by atoms with E-state index in [1.54, 1.807) is 23.5 Å². The van der Waals surface area contributed by atoms with Gasteiger partial charge in [-0.2, -0.15) is 0 Å². The number of thiazole rings is 1. The van der Waals surface area contributed by atoms with Crippen LogP contribution < -0.4 is 5.32 Å². The summed E-state index contributed by atoms with van der Waals surface area (Å²) in [5.74, 6) is 0.0194. The second kappa shape index (κ2) is 9.78. The van der Waals surface area contributed by atoms with Crippen LogP contribution in [0.1, 0.15) is 48.4 Å². The Hall–Kier alpha value is -2.28. The number of carbonyl (C=O) groups is 2. The van der Waals surface area contributed by atoms with Crippen LogP contribution >= 0.6 is 11.3 Å². The van der Waals surface area contributed by atoms with E-state index in [4.69, 9.17) is 4.98 Å². The number of carbonyl (C=O) groups excluding carboxylic acids is 2. The standard InChI is InChI=1S/C21H26FN3O2S/c1-2-19(26)23-9-8-18-14-28-21(24-18)16-6-4-10-25(13-16)20(27)12-15-5-3-7-17(22)11-15/h3,5,7,11,14,16H,2,4,6,8-10,12-13H2,1H3,(H,23,26)/t16-/m1/s1. The van der Waals surface area contributed by atoms with E-state index < -0.39 is 0 Å². The maximum Gasteiger partial charge on any atom is 0.227 e. The molecule has 1 aliphatic rings. The number of hydrogen-bond acceptors (Lipinski definition) is 4. The zero-order valence-corrected chi connectivity index (χ0v) is 16.9. The quantitative estimate of drug-likeness (QED) is 0.772. The van der Waals surface area contributed by atoms with Crippen LogP contribution in [0.15, 0.2) is 29.6 Å². The fraction of sp³-hybridized carbons (Fsp3) is 0.476. The Kier molecular flexibility index (Phi) is 7.14. The predicted molar refractivity (Wildman–Crippen MR) is 108 cm³/mol. The molecule has 2 aromatic rings. The summed E-state index contributed by atoms with van der Waals surface area (Å²) in [5.41, 5.74) is 1.69. The van der Waals surface area contributed by atoms with Crippen molar-refractivity contribution in [3.8, 4) is 0 Å². The van der Waals surface area contributed by atoms with Gasteiger partial charge in [-0.15, -0.1) is 11.3 Å². The third-order valence-corrected chi connectivity index (χ3v) is 6.02. The number of nitrogens with one attached hydrogen (secondary N) is 1. The van der Waals surface area contributed by atoms with E-state index in [-0.39, 0.29) is 30.0 Å². The summed E-state index contributed by atoms with van der Waals surface area (Å²) < 4.78 is 13.3. The molecular weight excluding hydrogens is 377 g/mol. The topological polar surface area (TPSA) is 62.3 Å². The molecule has 1 N–H and O–H groups in total. The minimum absolute atomic E-state index is 0.0364. The number of halogens is 1. The molecule has 7 heteroatoms. The van der Waals surface area contributed by atoms with Crippen LogP contribution in [0, 0.1) is 5.82 Å². The number of rotatable bonds is 7. The smallest absolute Gasteiger partial charge is 0.227 e. The molecule has 0 unspecified atom stereocenters. The van der Waals surface area contributed by atoms with E-state index in [1.807, 2.05) is 17.2 Å². The van der Waals surface area contributed by atoms with Gasteiger partial charge in [0.1, 0.15) is 5.82 Å². The van der Waals surface area contributed by atoms with Crippen molar-refractivity contribution in [2.45, 2.75) is 44.9 Å². The van der Waals surface area contributed by atoms with Gasteiger partial charge in [0.15, 0.2) is 0 Å². The van der Waals surface area contributed by atoms with Gasteiger partial charge >= 0.3 is 0 Å². The molecular formula is C21H26FN3O2S. The summed E-state index contributed by atoms with van der Waals surface area (Å²) in [6.45, 7) is 3.83. The van der Waals surface area contributed by atoms with Gasteiger partial charge in [-0.3, -0.25) is 9.59 Å². The highest BCUT2D eigenvalue weighted by molar-refractivity contribution is 7.09. The lowest BCUT2D eigenvalue weighted by Gasteiger charge is -2.32. The van der Waals surface area contributed by atoms with Crippen molar-refractivity contribution < 1.29 is 14.0 Å². The van der Waals surface area contributed by atoms with Crippen molar-refractivity contribution >= 4 is 23.2 Å². The van der Waals surface area contributed by atoms with Crippen molar-refractivity contribution in [2.24, 2.45) is 0 Å². The number of likely N-dealkylation sites (tertiary alicyclic amines) is 1. The molecule has 0 bridgehead atoms. The van der Waals surface area contributed by atoms with E-state index in [9.17, 15) is 14.0 Å². The van der Waals surface area contributed by atoms with Crippen LogP contribution in [0.5, 0.6) is 0 Å². The zero-order valence-electron chi connectivity index (χ0n) is 16.1. The molecule has 1 fully saturated rings. The van der Waals surface area contributed by atoms with Crippen LogP contribution in [-0.4, -0.2) is 41.3 Å². The van der Waals surface area contributed by atoms with Gasteiger partial charge < -0.3 is 10.2 Å². The Morgan fingerprint density at radius 1 is 1.39 bits per heavy atom. The van der Waals surface area contributed by atoms with E-state index >= 15 is 0 Å². The average molecular weight is 404 g/mol. The van der Waals surface area contributed by atoms with Gasteiger partial charge in [0.2, 0.25) is 11.8 Å². The summed E-state index contributed by atoms with van der Waals surface area (Å²) in [7, 11) is 0. The van der Waals surface area contributed by atoms with Gasteiger partial charge in [0, 0.05) is 43.8 Å². The molecule has 1 aliphatic heterocycles. The Bertz CT molecular complexity index is 823. The van der Waals surface area contributed by atoms with Crippen LogP contribution in [0.2, 0.25) is 0 Å². The molecule has 0 radical (unpaired) electrons. The first kappa shape index (κ1) is 20.5. The first-order chi connectivity index (χ1) is 13.5. The molecule has 1 saturated heterocycles. The van der Waals surface area contributed by atoms with E-state index in [1.165, 1.54) is 12.1 Å². The molecule has 28 heavy (non-hydrogen) atoms. The number of piperidine rings is 1. The van der Waals surface area contributed by atoms with E-state index in [0.29, 0.717) is 25.1 Å². The molecule has 1 aromatic carbocycles. The lowest BCUT2D eigenvalue weighted by Crippen LogP contribution is -2.40. The van der Waals surface area contributed by atoms with Gasteiger partial charge in [0.25, 0.3) is 0 Å². The number of amides is 2. The summed E-state index contributed by atoms with van der Waals surface area (Å²) in [4.78, 5) is 30.6. The van der Waals surface area contributed by atoms with E-state index in [0.717, 1.165) is 36.5 Å². The maximum absolute atomic E-state index is 13.3. The predicted octanol–water partition coefficient (Wildman–Crippen LogP) is 3.30. The van der Waals surface area contributed by atoms with Crippen LogP contribution in [-0.2, 0) is 22.4 Å². The van der Waals surface area contributed by atoms with Crippen molar-refractivity contribution in [3.63, 3.8) is 0 Å². The summed E-state index contributed by atoms with van der Waals surface area (Å²) >= 11 is 1.63. The van der Waals surface area contributed by atoms with Gasteiger partial charge in [-0.1, -0.05) is 19.1 Å². The molecule has 1 atom stereocenters. The largest absolute Gasteiger partial charge is 0.356 e. The molecule has 1 aromatic heterocycles. The molecule has 0 saturated carbocycles. The van der Waals surface area contributed by atoms with Crippen molar-refractivity contribution in [3.05, 3.63) is 51.7 Å². The van der Waals surface area contributed by atoms with Gasteiger partial charge in [-0.25, -0.2) is 9.37 Å². The Balaban J connectivity index is 1.54. The number of benzene rings is 1. The third kappa shape index (κ3) is 5.61. The van der Waals surface area contributed by atoms with Gasteiger partial charge in [0.05, 0.1) is 17.1 Å². The first-order valence-corrected chi connectivity index (χ1v) is 10.7.